The van der Waals surface area contributed by atoms with Crippen LogP contribution in [0.25, 0.3) is 0 Å². The third kappa shape index (κ3) is 5.40. The summed E-state index contributed by atoms with van der Waals surface area (Å²) in [5.41, 5.74) is 3.85. The van der Waals surface area contributed by atoms with Gasteiger partial charge in [-0.05, 0) is 47.2 Å². The number of ether oxygens (including phenoxy) is 1. The Labute approximate surface area is 196 Å². The van der Waals surface area contributed by atoms with E-state index in [-0.39, 0.29) is 0 Å². The second-order valence-electron chi connectivity index (χ2n) is 7.81. The number of aliphatic hydroxyl groups is 4. The molecule has 1 aliphatic heterocycles. The quantitative estimate of drug-likeness (QED) is 0.432. The van der Waals surface area contributed by atoms with E-state index in [2.05, 4.69) is 21.8 Å². The Morgan fingerprint density at radius 1 is 0.939 bits per heavy atom. The number of halogens is 1. The lowest BCUT2D eigenvalue weighted by Gasteiger charge is -2.40. The van der Waals surface area contributed by atoms with Crippen molar-refractivity contribution in [3.8, 4) is 11.8 Å². The molecule has 0 saturated carbocycles. The fraction of sp³-hybridized carbons (Fsp3) is 0.280. The van der Waals surface area contributed by atoms with Gasteiger partial charge in [0.2, 0.25) is 0 Å². The van der Waals surface area contributed by atoms with Crippen molar-refractivity contribution in [1.29, 1.82) is 0 Å². The lowest BCUT2D eigenvalue weighted by molar-refractivity contribution is -0.231. The van der Waals surface area contributed by atoms with Gasteiger partial charge in [0.05, 0.1) is 12.8 Å². The molecule has 3 aromatic rings. The first-order chi connectivity index (χ1) is 16.0. The van der Waals surface area contributed by atoms with Crippen LogP contribution in [-0.4, -0.2) is 61.4 Å². The molecule has 8 heteroatoms. The topological polar surface area (TPSA) is 116 Å². The van der Waals surface area contributed by atoms with Gasteiger partial charge in [-0.2, -0.15) is 0 Å². The molecule has 0 aliphatic carbocycles. The van der Waals surface area contributed by atoms with Gasteiger partial charge >= 0.3 is 0 Å². The Morgan fingerprint density at radius 3 is 2.42 bits per heavy atom. The summed E-state index contributed by atoms with van der Waals surface area (Å²) in [6, 6.07) is 12.9. The van der Waals surface area contributed by atoms with E-state index in [1.807, 2.05) is 24.3 Å². The maximum Gasteiger partial charge on any atom is 0.131 e. The van der Waals surface area contributed by atoms with Gasteiger partial charge in [-0.25, -0.2) is 4.98 Å². The second kappa shape index (κ2) is 10.4. The van der Waals surface area contributed by atoms with Gasteiger partial charge in [0, 0.05) is 23.0 Å². The third-order valence-electron chi connectivity index (χ3n) is 5.54. The first-order valence-corrected chi connectivity index (χ1v) is 10.8. The van der Waals surface area contributed by atoms with Crippen molar-refractivity contribution in [3.63, 3.8) is 0 Å². The van der Waals surface area contributed by atoms with E-state index in [0.29, 0.717) is 22.7 Å². The van der Waals surface area contributed by atoms with Crippen LogP contribution in [0.4, 0.5) is 0 Å². The molecule has 0 bridgehead atoms. The highest BCUT2D eigenvalue weighted by Gasteiger charge is 2.44. The van der Waals surface area contributed by atoms with Gasteiger partial charge in [-0.15, -0.1) is 0 Å². The van der Waals surface area contributed by atoms with Crippen molar-refractivity contribution < 1.29 is 25.2 Å². The average molecular weight is 467 g/mol. The molecule has 170 valence electrons. The Bertz CT molecular complexity index is 1140. The van der Waals surface area contributed by atoms with Crippen LogP contribution in [0, 0.1) is 11.8 Å². The van der Waals surface area contributed by atoms with Gasteiger partial charge in [0.25, 0.3) is 0 Å². The zero-order chi connectivity index (χ0) is 23.4. The van der Waals surface area contributed by atoms with Gasteiger partial charge in [0.15, 0.2) is 0 Å². The molecule has 0 amide bonds. The number of benzene rings is 2. The van der Waals surface area contributed by atoms with Gasteiger partial charge in [0.1, 0.15) is 36.2 Å². The summed E-state index contributed by atoms with van der Waals surface area (Å²) in [6.45, 7) is -0.478. The van der Waals surface area contributed by atoms with Crippen LogP contribution in [0.3, 0.4) is 0 Å². The Hall–Kier alpha value is -2.83. The van der Waals surface area contributed by atoms with Gasteiger partial charge < -0.3 is 25.2 Å². The minimum atomic E-state index is -1.43. The highest BCUT2D eigenvalue weighted by molar-refractivity contribution is 6.31. The summed E-state index contributed by atoms with van der Waals surface area (Å²) < 4.78 is 5.66. The van der Waals surface area contributed by atoms with Gasteiger partial charge in [-0.3, -0.25) is 4.98 Å². The monoisotopic (exact) mass is 466 g/mol. The molecule has 4 rings (SSSR count). The summed E-state index contributed by atoms with van der Waals surface area (Å²) in [6.07, 6.45) is -0.734. The smallest absolute Gasteiger partial charge is 0.131 e. The van der Waals surface area contributed by atoms with Crippen molar-refractivity contribution in [2.75, 3.05) is 6.61 Å². The van der Waals surface area contributed by atoms with Crippen LogP contribution < -0.4 is 0 Å². The van der Waals surface area contributed by atoms with E-state index in [4.69, 9.17) is 16.3 Å². The lowest BCUT2D eigenvalue weighted by Crippen LogP contribution is -2.55. The molecular formula is C25H23ClN2O5. The zero-order valence-corrected chi connectivity index (χ0v) is 18.3. The highest BCUT2D eigenvalue weighted by atomic mass is 35.5. The molecule has 0 unspecified atom stereocenters. The van der Waals surface area contributed by atoms with E-state index in [1.165, 1.54) is 0 Å². The summed E-state index contributed by atoms with van der Waals surface area (Å²) in [7, 11) is 0. The zero-order valence-electron chi connectivity index (χ0n) is 17.5. The van der Waals surface area contributed by atoms with Crippen molar-refractivity contribution in [2.24, 2.45) is 0 Å². The molecule has 2 heterocycles. The Balaban J connectivity index is 1.51. The molecule has 2 aromatic carbocycles. The van der Waals surface area contributed by atoms with Crippen LogP contribution in [0.5, 0.6) is 0 Å². The Morgan fingerprint density at radius 2 is 1.73 bits per heavy atom. The highest BCUT2D eigenvalue weighted by Crippen LogP contribution is 2.34. The predicted molar refractivity (Wildman–Crippen MR) is 121 cm³/mol. The van der Waals surface area contributed by atoms with Crippen molar-refractivity contribution >= 4 is 11.6 Å². The fourth-order valence-corrected chi connectivity index (χ4v) is 3.89. The van der Waals surface area contributed by atoms with Crippen molar-refractivity contribution in [3.05, 3.63) is 94.0 Å². The average Bonchev–Trinajstić information content (AvgIpc) is 2.84. The number of hydrogen-bond donors (Lipinski definition) is 4. The van der Waals surface area contributed by atoms with E-state index in [9.17, 15) is 20.4 Å². The normalized spacial score (nSPS) is 24.7. The SMILES string of the molecule is OC[C@H]1O[C@@H](c2ccc(Cl)c(Cc3ccc(C#Cc4cnccn4)cc3)c2)[C@H](O)[C@@H](O)[C@@H]1O. The van der Waals surface area contributed by atoms with E-state index in [0.717, 1.165) is 16.7 Å². The molecule has 1 aromatic heterocycles. The molecular weight excluding hydrogens is 444 g/mol. The molecule has 7 nitrogen and oxygen atoms in total. The summed E-state index contributed by atoms with van der Waals surface area (Å²) >= 11 is 6.41. The second-order valence-corrected chi connectivity index (χ2v) is 8.22. The van der Waals surface area contributed by atoms with Crippen molar-refractivity contribution in [1.82, 2.24) is 9.97 Å². The van der Waals surface area contributed by atoms with E-state index >= 15 is 0 Å². The molecule has 0 spiro atoms. The van der Waals surface area contributed by atoms with Crippen LogP contribution in [0.1, 0.15) is 34.1 Å². The number of aliphatic hydroxyl groups excluding tert-OH is 4. The van der Waals surface area contributed by atoms with Crippen LogP contribution in [-0.2, 0) is 11.2 Å². The number of aromatic nitrogens is 2. The molecule has 1 fully saturated rings. The fourth-order valence-electron chi connectivity index (χ4n) is 3.71. The first kappa shape index (κ1) is 23.3. The van der Waals surface area contributed by atoms with Gasteiger partial charge in [-0.1, -0.05) is 41.8 Å². The number of nitrogens with zero attached hydrogens (tertiary/aromatic N) is 2. The van der Waals surface area contributed by atoms with Crippen LogP contribution in [0.15, 0.2) is 61.1 Å². The Kier molecular flexibility index (Phi) is 7.36. The minimum absolute atomic E-state index is 0.478. The molecule has 1 saturated heterocycles. The predicted octanol–water partition coefficient (Wildman–Crippen LogP) is 1.64. The minimum Gasteiger partial charge on any atom is -0.394 e. The van der Waals surface area contributed by atoms with E-state index < -0.39 is 37.1 Å². The largest absolute Gasteiger partial charge is 0.394 e. The number of rotatable bonds is 4. The molecule has 33 heavy (non-hydrogen) atoms. The molecule has 4 N–H and O–H groups in total. The summed E-state index contributed by atoms with van der Waals surface area (Å²) in [5.74, 6) is 6.01. The van der Waals surface area contributed by atoms with Crippen molar-refractivity contribution in [2.45, 2.75) is 36.9 Å². The first-order valence-electron chi connectivity index (χ1n) is 10.4. The summed E-state index contributed by atoms with van der Waals surface area (Å²) in [4.78, 5) is 8.11. The molecule has 0 radical (unpaired) electrons. The third-order valence-corrected chi connectivity index (χ3v) is 5.91. The summed E-state index contributed by atoms with van der Waals surface area (Å²) in [5, 5.41) is 40.5. The van der Waals surface area contributed by atoms with E-state index in [1.54, 1.807) is 36.8 Å². The standard InChI is InChI=1S/C25H23ClN2O5/c26-20-8-6-17(25-24(32)23(31)22(30)21(14-29)33-25)12-18(20)11-16-3-1-15(2-4-16)5-7-19-13-27-9-10-28-19/h1-4,6,8-10,12-13,21-25,29-32H,11,14H2/t21-,22-,23+,24-,25+/m1/s1. The number of hydrogen-bond acceptors (Lipinski definition) is 7. The maximum absolute atomic E-state index is 10.4. The lowest BCUT2D eigenvalue weighted by atomic mass is 9.90. The van der Waals surface area contributed by atoms with Crippen LogP contribution >= 0.6 is 11.6 Å². The maximum atomic E-state index is 10.4. The molecule has 5 atom stereocenters. The molecule has 1 aliphatic rings. The van der Waals surface area contributed by atoms with Crippen LogP contribution in [0.2, 0.25) is 5.02 Å².